The number of ether oxygens (including phenoxy) is 2. The number of allylic oxidation sites excluding steroid dienone is 5. The van der Waals surface area contributed by atoms with Gasteiger partial charge in [-0.1, -0.05) is 55.9 Å². The Hall–Kier alpha value is -2.04. The topological polar surface area (TPSA) is 52.6 Å². The lowest BCUT2D eigenvalue weighted by Gasteiger charge is -2.60. The predicted molar refractivity (Wildman–Crippen MR) is 205 cm³/mol. The largest absolute Gasteiger partial charge is 0.366 e. The van der Waals surface area contributed by atoms with Crippen LogP contribution < -0.4 is 0 Å². The van der Waals surface area contributed by atoms with E-state index >= 15 is 0 Å². The van der Waals surface area contributed by atoms with Crippen molar-refractivity contribution in [3.05, 3.63) is 59.8 Å². The molecule has 4 heteroatoms. The Kier molecular flexibility index (Phi) is 7.06. The lowest BCUT2D eigenvalue weighted by atomic mass is 9.45. The van der Waals surface area contributed by atoms with Crippen molar-refractivity contribution in [3.63, 3.8) is 0 Å². The highest BCUT2D eigenvalue weighted by atomic mass is 16.5. The molecule has 0 aromatic heterocycles. The summed E-state index contributed by atoms with van der Waals surface area (Å²) in [5.41, 5.74) is 3.77. The normalized spacial score (nSPS) is 55.5. The maximum absolute atomic E-state index is 12.2. The van der Waals surface area contributed by atoms with E-state index in [0.717, 1.165) is 110 Å². The fourth-order valence-electron chi connectivity index (χ4n) is 17.9. The lowest BCUT2D eigenvalue weighted by molar-refractivity contribution is -0.153. The molecule has 0 saturated heterocycles. The van der Waals surface area contributed by atoms with E-state index in [1.807, 2.05) is 6.08 Å². The fraction of sp³-hybridized carbons (Fsp3) is 0.755. The number of ketones is 2. The molecule has 0 radical (unpaired) electrons. The second-order valence-electron chi connectivity index (χ2n) is 20.8. The van der Waals surface area contributed by atoms with Gasteiger partial charge in [-0.05, 0) is 184 Å². The van der Waals surface area contributed by atoms with Crippen LogP contribution in [0, 0.1) is 93.7 Å². The van der Waals surface area contributed by atoms with E-state index in [2.05, 4.69) is 56.4 Å². The first-order valence-electron chi connectivity index (χ1n) is 22.7. The molecular formula is C49H62O4. The van der Waals surface area contributed by atoms with Gasteiger partial charge in [-0.2, -0.15) is 0 Å². The molecule has 2 spiro atoms. The molecule has 2 heterocycles. The smallest absolute Gasteiger partial charge is 0.155 e. The summed E-state index contributed by atoms with van der Waals surface area (Å²) in [7, 11) is 0. The van der Waals surface area contributed by atoms with Crippen molar-refractivity contribution in [2.45, 2.75) is 121 Å². The molecule has 17 atom stereocenters. The van der Waals surface area contributed by atoms with Gasteiger partial charge >= 0.3 is 0 Å². The minimum atomic E-state index is 0.0501. The van der Waals surface area contributed by atoms with Crippen molar-refractivity contribution in [2.75, 3.05) is 13.2 Å². The Balaban J connectivity index is 0.000000120. The fourth-order valence-corrected chi connectivity index (χ4v) is 17.9. The quantitative estimate of drug-likeness (QED) is 0.273. The molecule has 0 aromatic rings. The van der Waals surface area contributed by atoms with E-state index in [1.165, 1.54) is 76.2 Å². The second kappa shape index (κ2) is 11.3. The molecule has 0 N–H and O–H groups in total. The molecule has 2 aliphatic heterocycles. The van der Waals surface area contributed by atoms with Crippen LogP contribution >= 0.6 is 0 Å². The summed E-state index contributed by atoms with van der Waals surface area (Å²) in [6, 6.07) is 0. The molecule has 13 rings (SSSR count). The number of carbonyl (C=O) groups excluding carboxylic acids is 2. The van der Waals surface area contributed by atoms with Crippen LogP contribution in [-0.4, -0.2) is 36.0 Å². The minimum Gasteiger partial charge on any atom is -0.366 e. The van der Waals surface area contributed by atoms with Gasteiger partial charge in [0.1, 0.15) is 0 Å². The van der Waals surface area contributed by atoms with Crippen LogP contribution in [0.25, 0.3) is 0 Å². The summed E-state index contributed by atoms with van der Waals surface area (Å²) in [5, 5.41) is 0. The first-order valence-corrected chi connectivity index (χ1v) is 22.7. The standard InChI is InChI=1S/C26H34O2.C23H28O2/c1-2-25-10-8-19-18-7-6-17(27)12-16(18)13-20(15-4-5-15)23(19)24(25)21-14-22(21)26(25)9-3-11-28-26;1-2-22-10-8-17-16-7-5-15(24)12-14(16)4-6-18(17)21(22)19-13-20(19)23(22)9-3-11-25-23/h3,9,12,15,18-24H,2,4-8,10-11,13-14H2,1H3;3-4,6,9,12,16-21H,2,5,7-8,10-11,13H2,1H3/t18-,19?,20?,21+,22-,23?,24?,25-,26-;16-,17?,18?,19+,20-,21?,22-,23-/m00/s1. The first kappa shape index (κ1) is 33.1. The van der Waals surface area contributed by atoms with Gasteiger partial charge in [-0.3, -0.25) is 9.59 Å². The molecule has 0 aromatic carbocycles. The number of fused-ring (bicyclic) bond motifs is 18. The van der Waals surface area contributed by atoms with Crippen molar-refractivity contribution < 1.29 is 19.1 Å². The molecule has 8 saturated carbocycles. The monoisotopic (exact) mass is 714 g/mol. The Morgan fingerprint density at radius 3 is 1.94 bits per heavy atom. The Morgan fingerprint density at radius 2 is 1.30 bits per heavy atom. The predicted octanol–water partition coefficient (Wildman–Crippen LogP) is 9.81. The van der Waals surface area contributed by atoms with Crippen molar-refractivity contribution in [2.24, 2.45) is 93.7 Å². The van der Waals surface area contributed by atoms with E-state index in [9.17, 15) is 9.59 Å². The maximum atomic E-state index is 12.2. The summed E-state index contributed by atoms with van der Waals surface area (Å²) in [6.07, 6.45) is 37.1. The highest BCUT2D eigenvalue weighted by molar-refractivity contribution is 5.92. The van der Waals surface area contributed by atoms with Crippen molar-refractivity contribution in [1.29, 1.82) is 0 Å². The molecule has 11 aliphatic carbocycles. The Labute approximate surface area is 317 Å². The van der Waals surface area contributed by atoms with Gasteiger partial charge in [-0.15, -0.1) is 0 Å². The number of rotatable bonds is 3. The zero-order valence-electron chi connectivity index (χ0n) is 32.4. The third kappa shape index (κ3) is 4.17. The summed E-state index contributed by atoms with van der Waals surface area (Å²) in [5.74, 6) is 12.2. The SMILES string of the molecule is CC[C@]12CCC3C(C(C4CC4)CC4=CC(=O)CC[C@@H]43)C1[C@@H]1C[C@@H]1[C@@]21C=CCO1.CC[C@]12CCC3C(C=CC4=CC(=O)CC[C@@H]43)C1[C@@H]1C[C@@H]1[C@@]21C=CCO1. The summed E-state index contributed by atoms with van der Waals surface area (Å²) < 4.78 is 13.2. The van der Waals surface area contributed by atoms with Crippen molar-refractivity contribution in [1.82, 2.24) is 0 Å². The molecule has 0 bridgehead atoms. The van der Waals surface area contributed by atoms with Gasteiger partial charge in [0.25, 0.3) is 0 Å². The molecule has 8 fully saturated rings. The van der Waals surface area contributed by atoms with Crippen LogP contribution in [0.3, 0.4) is 0 Å². The van der Waals surface area contributed by atoms with Crippen LogP contribution in [0.15, 0.2) is 59.8 Å². The van der Waals surface area contributed by atoms with Crippen LogP contribution in [0.4, 0.5) is 0 Å². The van der Waals surface area contributed by atoms with E-state index in [-0.39, 0.29) is 11.2 Å². The first-order chi connectivity index (χ1) is 25.9. The van der Waals surface area contributed by atoms with Gasteiger partial charge in [0, 0.05) is 23.7 Å². The average Bonchev–Trinajstić information content (AvgIpc) is 4.16. The minimum absolute atomic E-state index is 0.0501. The van der Waals surface area contributed by atoms with E-state index in [1.54, 1.807) is 5.57 Å². The van der Waals surface area contributed by atoms with Gasteiger partial charge in [-0.25, -0.2) is 0 Å². The Morgan fingerprint density at radius 1 is 0.679 bits per heavy atom. The van der Waals surface area contributed by atoms with Gasteiger partial charge < -0.3 is 9.47 Å². The summed E-state index contributed by atoms with van der Waals surface area (Å²) in [6.45, 7) is 6.54. The summed E-state index contributed by atoms with van der Waals surface area (Å²) in [4.78, 5) is 24.0. The third-order valence-electron chi connectivity index (χ3n) is 19.8. The van der Waals surface area contributed by atoms with E-state index in [4.69, 9.17) is 9.47 Å². The Bertz CT molecular complexity index is 1780. The molecular weight excluding hydrogens is 653 g/mol. The molecule has 0 amide bonds. The highest BCUT2D eigenvalue weighted by Gasteiger charge is 2.79. The molecule has 53 heavy (non-hydrogen) atoms. The third-order valence-corrected chi connectivity index (χ3v) is 19.8. The second-order valence-corrected chi connectivity index (χ2v) is 20.8. The highest BCUT2D eigenvalue weighted by Crippen LogP contribution is 2.80. The van der Waals surface area contributed by atoms with Crippen LogP contribution in [0.5, 0.6) is 0 Å². The van der Waals surface area contributed by atoms with Crippen LogP contribution in [0.2, 0.25) is 0 Å². The van der Waals surface area contributed by atoms with Gasteiger partial charge in [0.15, 0.2) is 11.6 Å². The molecule has 4 nitrogen and oxygen atoms in total. The lowest BCUT2D eigenvalue weighted by Crippen LogP contribution is -2.57. The number of hydrogen-bond acceptors (Lipinski definition) is 4. The van der Waals surface area contributed by atoms with E-state index in [0.29, 0.717) is 34.2 Å². The number of hydrogen-bond donors (Lipinski definition) is 0. The zero-order valence-corrected chi connectivity index (χ0v) is 32.4. The van der Waals surface area contributed by atoms with Gasteiger partial charge in [0.2, 0.25) is 0 Å². The molecule has 282 valence electrons. The summed E-state index contributed by atoms with van der Waals surface area (Å²) >= 11 is 0. The maximum Gasteiger partial charge on any atom is 0.155 e. The van der Waals surface area contributed by atoms with Crippen molar-refractivity contribution in [3.8, 4) is 0 Å². The van der Waals surface area contributed by atoms with Gasteiger partial charge in [0.05, 0.1) is 24.4 Å². The number of carbonyl (C=O) groups is 2. The van der Waals surface area contributed by atoms with Crippen molar-refractivity contribution >= 4 is 11.6 Å². The average molecular weight is 715 g/mol. The molecule has 7 unspecified atom stereocenters. The zero-order chi connectivity index (χ0) is 35.5. The van der Waals surface area contributed by atoms with E-state index < -0.39 is 0 Å². The molecule has 13 aliphatic rings. The van der Waals surface area contributed by atoms with Crippen LogP contribution in [-0.2, 0) is 19.1 Å². The van der Waals surface area contributed by atoms with Crippen LogP contribution in [0.1, 0.15) is 110 Å².